The summed E-state index contributed by atoms with van der Waals surface area (Å²) in [6, 6.07) is 13.2. The van der Waals surface area contributed by atoms with Crippen LogP contribution in [0.3, 0.4) is 0 Å². The first kappa shape index (κ1) is 13.6. The van der Waals surface area contributed by atoms with E-state index >= 15 is 0 Å². The molecule has 0 aliphatic carbocycles. The van der Waals surface area contributed by atoms with Crippen molar-refractivity contribution in [3.8, 4) is 0 Å². The number of rotatable bonds is 4. The Balaban J connectivity index is 2.05. The second kappa shape index (κ2) is 5.89. The van der Waals surface area contributed by atoms with Crippen LogP contribution in [0.25, 0.3) is 0 Å². The fourth-order valence-electron chi connectivity index (χ4n) is 1.88. The molecule has 0 aliphatic rings. The molecule has 2 rings (SSSR count). The van der Waals surface area contributed by atoms with E-state index in [0.717, 1.165) is 22.4 Å². The zero-order valence-corrected chi connectivity index (χ0v) is 11.8. The minimum atomic E-state index is 0.0937. The normalized spacial score (nSPS) is 10.3. The molecule has 98 valence electrons. The van der Waals surface area contributed by atoms with E-state index in [1.807, 2.05) is 44.2 Å². The third-order valence-electron chi connectivity index (χ3n) is 2.99. The number of anilines is 1. The van der Waals surface area contributed by atoms with E-state index in [9.17, 15) is 4.79 Å². The van der Waals surface area contributed by atoms with E-state index in [1.54, 1.807) is 12.1 Å². The van der Waals surface area contributed by atoms with Gasteiger partial charge >= 0.3 is 0 Å². The highest BCUT2D eigenvalue weighted by atomic mass is 35.5. The number of benzene rings is 2. The number of halogens is 1. The van der Waals surface area contributed by atoms with Gasteiger partial charge in [-0.2, -0.15) is 0 Å². The van der Waals surface area contributed by atoms with Crippen molar-refractivity contribution < 1.29 is 4.79 Å². The van der Waals surface area contributed by atoms with Crippen molar-refractivity contribution in [1.82, 2.24) is 0 Å². The summed E-state index contributed by atoms with van der Waals surface area (Å²) in [5, 5.41) is 3.80. The Morgan fingerprint density at radius 1 is 1.11 bits per heavy atom. The van der Waals surface area contributed by atoms with Crippen LogP contribution in [0.5, 0.6) is 0 Å². The van der Waals surface area contributed by atoms with Crippen molar-refractivity contribution in [3.05, 3.63) is 64.2 Å². The monoisotopic (exact) mass is 273 g/mol. The molecule has 0 unspecified atom stereocenters. The lowest BCUT2D eigenvalue weighted by Gasteiger charge is -2.08. The van der Waals surface area contributed by atoms with Gasteiger partial charge in [-0.25, -0.2) is 0 Å². The Morgan fingerprint density at radius 3 is 2.47 bits per heavy atom. The molecule has 0 aromatic heterocycles. The summed E-state index contributed by atoms with van der Waals surface area (Å²) in [6.07, 6.45) is 0. The summed E-state index contributed by atoms with van der Waals surface area (Å²) >= 11 is 5.81. The van der Waals surface area contributed by atoms with Crippen molar-refractivity contribution in [2.45, 2.75) is 13.8 Å². The molecular formula is C16H16ClNO. The van der Waals surface area contributed by atoms with E-state index in [1.165, 1.54) is 0 Å². The molecule has 1 N–H and O–H groups in total. The summed E-state index contributed by atoms with van der Waals surface area (Å²) < 4.78 is 0. The zero-order valence-electron chi connectivity index (χ0n) is 11.0. The number of aryl methyl sites for hydroxylation is 2. The number of carbonyl (C=O) groups is 1. The summed E-state index contributed by atoms with van der Waals surface area (Å²) in [5.41, 5.74) is 3.78. The molecular weight excluding hydrogens is 258 g/mol. The van der Waals surface area contributed by atoms with Crippen molar-refractivity contribution in [2.24, 2.45) is 0 Å². The van der Waals surface area contributed by atoms with E-state index < -0.39 is 0 Å². The van der Waals surface area contributed by atoms with Gasteiger partial charge in [-0.05, 0) is 49.7 Å². The van der Waals surface area contributed by atoms with Crippen LogP contribution in [0.4, 0.5) is 5.69 Å². The largest absolute Gasteiger partial charge is 0.378 e. The smallest absolute Gasteiger partial charge is 0.182 e. The third kappa shape index (κ3) is 3.58. The van der Waals surface area contributed by atoms with Crippen LogP contribution in [0.15, 0.2) is 42.5 Å². The Bertz CT molecular complexity index is 590. The molecule has 0 spiro atoms. The van der Waals surface area contributed by atoms with Crippen LogP contribution in [-0.4, -0.2) is 12.3 Å². The van der Waals surface area contributed by atoms with Crippen LogP contribution in [0, 0.1) is 13.8 Å². The van der Waals surface area contributed by atoms with Gasteiger partial charge in [0.2, 0.25) is 0 Å². The van der Waals surface area contributed by atoms with Gasteiger partial charge in [-0.15, -0.1) is 0 Å². The van der Waals surface area contributed by atoms with Crippen LogP contribution in [-0.2, 0) is 0 Å². The van der Waals surface area contributed by atoms with Crippen molar-refractivity contribution >= 4 is 23.1 Å². The van der Waals surface area contributed by atoms with Gasteiger partial charge in [-0.3, -0.25) is 4.79 Å². The average molecular weight is 274 g/mol. The number of carbonyl (C=O) groups excluding carboxylic acids is 1. The number of Topliss-reactive ketones (excluding diaryl/α,β-unsaturated/α-hetero) is 1. The van der Waals surface area contributed by atoms with Gasteiger partial charge in [0.15, 0.2) is 5.78 Å². The molecule has 0 fully saturated rings. The molecule has 2 nitrogen and oxygen atoms in total. The Kier molecular flexibility index (Phi) is 4.23. The van der Waals surface area contributed by atoms with Gasteiger partial charge < -0.3 is 5.32 Å². The Hall–Kier alpha value is -1.80. The summed E-state index contributed by atoms with van der Waals surface area (Å²) in [7, 11) is 0. The lowest BCUT2D eigenvalue weighted by atomic mass is 10.0. The maximum Gasteiger partial charge on any atom is 0.182 e. The first-order chi connectivity index (χ1) is 9.06. The van der Waals surface area contributed by atoms with Crippen LogP contribution in [0.1, 0.15) is 21.5 Å². The molecule has 2 aromatic carbocycles. The number of nitrogens with one attached hydrogen (secondary N) is 1. The molecule has 0 amide bonds. The van der Waals surface area contributed by atoms with Crippen molar-refractivity contribution in [3.63, 3.8) is 0 Å². The summed E-state index contributed by atoms with van der Waals surface area (Å²) in [5.74, 6) is 0.0937. The summed E-state index contributed by atoms with van der Waals surface area (Å²) in [4.78, 5) is 12.2. The highest BCUT2D eigenvalue weighted by Gasteiger charge is 2.08. The van der Waals surface area contributed by atoms with E-state index in [0.29, 0.717) is 5.02 Å². The first-order valence-electron chi connectivity index (χ1n) is 6.16. The molecule has 0 bridgehead atoms. The second-order valence-electron chi connectivity index (χ2n) is 4.60. The van der Waals surface area contributed by atoms with E-state index in [-0.39, 0.29) is 12.3 Å². The number of hydrogen-bond acceptors (Lipinski definition) is 2. The molecule has 0 heterocycles. The van der Waals surface area contributed by atoms with Gasteiger partial charge in [0, 0.05) is 16.3 Å². The quantitative estimate of drug-likeness (QED) is 0.844. The topological polar surface area (TPSA) is 29.1 Å². The lowest BCUT2D eigenvalue weighted by molar-refractivity contribution is 0.101. The standard InChI is InChI=1S/C16H16ClNO/c1-11-3-4-12(2)15(9-11)16(19)10-18-14-7-5-13(17)6-8-14/h3-9,18H,10H2,1-2H3. The van der Waals surface area contributed by atoms with Gasteiger partial charge in [-0.1, -0.05) is 29.3 Å². The minimum Gasteiger partial charge on any atom is -0.378 e. The minimum absolute atomic E-state index is 0.0937. The van der Waals surface area contributed by atoms with Gasteiger partial charge in [0.1, 0.15) is 0 Å². The fraction of sp³-hybridized carbons (Fsp3) is 0.188. The maximum absolute atomic E-state index is 12.2. The van der Waals surface area contributed by atoms with E-state index in [4.69, 9.17) is 11.6 Å². The molecule has 3 heteroatoms. The highest BCUT2D eigenvalue weighted by molar-refractivity contribution is 6.30. The van der Waals surface area contributed by atoms with Crippen LogP contribution >= 0.6 is 11.6 Å². The van der Waals surface area contributed by atoms with Gasteiger partial charge in [0.05, 0.1) is 6.54 Å². The number of hydrogen-bond donors (Lipinski definition) is 1. The highest BCUT2D eigenvalue weighted by Crippen LogP contribution is 2.15. The number of ketones is 1. The maximum atomic E-state index is 12.2. The molecule has 0 saturated carbocycles. The predicted molar refractivity (Wildman–Crippen MR) is 80.2 cm³/mol. The zero-order chi connectivity index (χ0) is 13.8. The van der Waals surface area contributed by atoms with Crippen molar-refractivity contribution in [1.29, 1.82) is 0 Å². The van der Waals surface area contributed by atoms with Crippen LogP contribution in [0.2, 0.25) is 5.02 Å². The Labute approximate surface area is 118 Å². The third-order valence-corrected chi connectivity index (χ3v) is 3.24. The van der Waals surface area contributed by atoms with Crippen LogP contribution < -0.4 is 5.32 Å². The molecule has 19 heavy (non-hydrogen) atoms. The SMILES string of the molecule is Cc1ccc(C)c(C(=O)CNc2ccc(Cl)cc2)c1. The molecule has 0 radical (unpaired) electrons. The second-order valence-corrected chi connectivity index (χ2v) is 5.04. The Morgan fingerprint density at radius 2 is 1.79 bits per heavy atom. The predicted octanol–water partition coefficient (Wildman–Crippen LogP) is 4.25. The average Bonchev–Trinajstić information content (AvgIpc) is 2.40. The molecule has 2 aromatic rings. The molecule has 0 aliphatic heterocycles. The van der Waals surface area contributed by atoms with Crippen molar-refractivity contribution in [2.75, 3.05) is 11.9 Å². The fourth-order valence-corrected chi connectivity index (χ4v) is 2.01. The van der Waals surface area contributed by atoms with Gasteiger partial charge in [0.25, 0.3) is 0 Å². The molecule has 0 saturated heterocycles. The lowest BCUT2D eigenvalue weighted by Crippen LogP contribution is -2.15. The molecule has 0 atom stereocenters. The van der Waals surface area contributed by atoms with E-state index in [2.05, 4.69) is 5.32 Å². The first-order valence-corrected chi connectivity index (χ1v) is 6.54. The summed E-state index contributed by atoms with van der Waals surface area (Å²) in [6.45, 7) is 4.23.